The summed E-state index contributed by atoms with van der Waals surface area (Å²) in [6.45, 7) is 1.93. The summed E-state index contributed by atoms with van der Waals surface area (Å²) in [4.78, 5) is 11.5. The number of hydrogen-bond donors (Lipinski definition) is 3. The number of anilines is 2. The van der Waals surface area contributed by atoms with Crippen molar-refractivity contribution in [1.29, 1.82) is 0 Å². The maximum Gasteiger partial charge on any atom is 0.340 e. The molecule has 0 atom stereocenters. The molecule has 0 saturated carbocycles. The van der Waals surface area contributed by atoms with Gasteiger partial charge in [-0.25, -0.2) is 9.18 Å². The third-order valence-electron chi connectivity index (χ3n) is 2.06. The van der Waals surface area contributed by atoms with Crippen molar-refractivity contribution in [3.8, 4) is 0 Å². The highest BCUT2D eigenvalue weighted by atomic mass is 19.1. The van der Waals surface area contributed by atoms with Gasteiger partial charge in [0.05, 0.1) is 24.5 Å². The first kappa shape index (κ1) is 13.2. The van der Waals surface area contributed by atoms with Gasteiger partial charge in [0.1, 0.15) is 5.82 Å². The second-order valence-corrected chi connectivity index (χ2v) is 3.29. The standard InChI is InChI=1S/C11H15FN2O3/c1-2-17-11(16)7-5-10(14-3-4-15)8(12)6-9(7)13/h5-6,14-15H,2-4,13H2,1H3. The van der Waals surface area contributed by atoms with Crippen LogP contribution in [0.5, 0.6) is 0 Å². The van der Waals surface area contributed by atoms with Gasteiger partial charge in [0.15, 0.2) is 0 Å². The zero-order valence-electron chi connectivity index (χ0n) is 9.50. The first-order valence-electron chi connectivity index (χ1n) is 5.21. The van der Waals surface area contributed by atoms with Crippen molar-refractivity contribution in [3.05, 3.63) is 23.5 Å². The fourth-order valence-corrected chi connectivity index (χ4v) is 1.30. The van der Waals surface area contributed by atoms with Crippen LogP contribution in [0.15, 0.2) is 12.1 Å². The van der Waals surface area contributed by atoms with Crippen molar-refractivity contribution in [2.24, 2.45) is 0 Å². The van der Waals surface area contributed by atoms with E-state index in [1.54, 1.807) is 6.92 Å². The van der Waals surface area contributed by atoms with E-state index in [-0.39, 0.29) is 36.7 Å². The smallest absolute Gasteiger partial charge is 0.340 e. The van der Waals surface area contributed by atoms with Crippen molar-refractivity contribution < 1.29 is 19.0 Å². The van der Waals surface area contributed by atoms with Crippen LogP contribution >= 0.6 is 0 Å². The second-order valence-electron chi connectivity index (χ2n) is 3.29. The summed E-state index contributed by atoms with van der Waals surface area (Å²) in [6.07, 6.45) is 0. The first-order chi connectivity index (χ1) is 8.10. The lowest BCUT2D eigenvalue weighted by atomic mass is 10.1. The lowest BCUT2D eigenvalue weighted by molar-refractivity contribution is 0.0527. The zero-order valence-corrected chi connectivity index (χ0v) is 9.50. The van der Waals surface area contributed by atoms with Gasteiger partial charge < -0.3 is 20.9 Å². The average molecular weight is 242 g/mol. The van der Waals surface area contributed by atoms with Crippen LogP contribution in [0.25, 0.3) is 0 Å². The normalized spacial score (nSPS) is 10.1. The molecule has 0 fully saturated rings. The highest BCUT2D eigenvalue weighted by molar-refractivity contribution is 5.96. The zero-order chi connectivity index (χ0) is 12.8. The first-order valence-corrected chi connectivity index (χ1v) is 5.21. The number of hydrogen-bond acceptors (Lipinski definition) is 5. The molecular formula is C11H15FN2O3. The molecule has 0 spiro atoms. The third kappa shape index (κ3) is 3.32. The molecule has 6 heteroatoms. The Bertz CT molecular complexity index is 410. The molecule has 0 aliphatic heterocycles. The molecule has 0 aliphatic carbocycles. The van der Waals surface area contributed by atoms with E-state index in [0.29, 0.717) is 0 Å². The number of esters is 1. The van der Waals surface area contributed by atoms with Crippen LogP contribution in [0.3, 0.4) is 0 Å². The summed E-state index contributed by atoms with van der Waals surface area (Å²) in [5.74, 6) is -1.18. The van der Waals surface area contributed by atoms with Crippen molar-refractivity contribution >= 4 is 17.3 Å². The van der Waals surface area contributed by atoms with Gasteiger partial charge in [-0.15, -0.1) is 0 Å². The number of nitrogen functional groups attached to an aromatic ring is 1. The molecule has 4 N–H and O–H groups in total. The number of aliphatic hydroxyl groups is 1. The lowest BCUT2D eigenvalue weighted by Crippen LogP contribution is -2.12. The van der Waals surface area contributed by atoms with Crippen LogP contribution < -0.4 is 11.1 Å². The number of aliphatic hydroxyl groups excluding tert-OH is 1. The van der Waals surface area contributed by atoms with Crippen LogP contribution in [-0.4, -0.2) is 30.8 Å². The van der Waals surface area contributed by atoms with Crippen LogP contribution in [0, 0.1) is 5.82 Å². The molecule has 1 aromatic rings. The molecular weight excluding hydrogens is 227 g/mol. The minimum atomic E-state index is -0.600. The maximum absolute atomic E-state index is 13.4. The molecule has 0 heterocycles. The number of halogens is 1. The monoisotopic (exact) mass is 242 g/mol. The van der Waals surface area contributed by atoms with Gasteiger partial charge in [-0.05, 0) is 19.1 Å². The van der Waals surface area contributed by atoms with Gasteiger partial charge in [-0.3, -0.25) is 0 Å². The van der Waals surface area contributed by atoms with Crippen LogP contribution in [0.1, 0.15) is 17.3 Å². The van der Waals surface area contributed by atoms with Crippen molar-refractivity contribution in [2.45, 2.75) is 6.92 Å². The summed E-state index contributed by atoms with van der Waals surface area (Å²) < 4.78 is 18.2. The van der Waals surface area contributed by atoms with E-state index in [1.165, 1.54) is 6.07 Å². The Morgan fingerprint density at radius 3 is 2.88 bits per heavy atom. The molecule has 0 aromatic heterocycles. The molecule has 0 aliphatic rings. The van der Waals surface area contributed by atoms with Crippen LogP contribution in [0.2, 0.25) is 0 Å². The van der Waals surface area contributed by atoms with Crippen molar-refractivity contribution in [3.63, 3.8) is 0 Å². The van der Waals surface area contributed by atoms with E-state index < -0.39 is 11.8 Å². The molecule has 0 unspecified atom stereocenters. The minimum Gasteiger partial charge on any atom is -0.462 e. The van der Waals surface area contributed by atoms with Gasteiger partial charge in [-0.2, -0.15) is 0 Å². The predicted molar refractivity (Wildman–Crippen MR) is 62.3 cm³/mol. The quantitative estimate of drug-likeness (QED) is 0.529. The van der Waals surface area contributed by atoms with E-state index in [4.69, 9.17) is 15.6 Å². The molecule has 0 bridgehead atoms. The fraction of sp³-hybridized carbons (Fsp3) is 0.364. The van der Waals surface area contributed by atoms with E-state index in [0.717, 1.165) is 6.07 Å². The molecule has 0 saturated heterocycles. The highest BCUT2D eigenvalue weighted by Crippen LogP contribution is 2.22. The molecule has 94 valence electrons. The minimum absolute atomic E-state index is 0.0236. The number of carbonyl (C=O) groups is 1. The average Bonchev–Trinajstić information content (AvgIpc) is 2.28. The van der Waals surface area contributed by atoms with Gasteiger partial charge in [0, 0.05) is 12.2 Å². The summed E-state index contributed by atoms with van der Waals surface area (Å²) in [6, 6.07) is 2.32. The Morgan fingerprint density at radius 2 is 2.29 bits per heavy atom. The van der Waals surface area contributed by atoms with Gasteiger partial charge in [0.2, 0.25) is 0 Å². The van der Waals surface area contributed by atoms with Crippen LogP contribution in [0.4, 0.5) is 15.8 Å². The highest BCUT2D eigenvalue weighted by Gasteiger charge is 2.14. The summed E-state index contributed by atoms with van der Waals surface area (Å²) in [5.41, 5.74) is 5.77. The Labute approximate surface area is 98.4 Å². The summed E-state index contributed by atoms with van der Waals surface area (Å²) in [7, 11) is 0. The number of nitrogens with one attached hydrogen (secondary N) is 1. The fourth-order valence-electron chi connectivity index (χ4n) is 1.30. The van der Waals surface area contributed by atoms with E-state index >= 15 is 0 Å². The number of ether oxygens (including phenoxy) is 1. The van der Waals surface area contributed by atoms with E-state index in [1.807, 2.05) is 0 Å². The molecule has 0 amide bonds. The molecule has 17 heavy (non-hydrogen) atoms. The number of benzene rings is 1. The summed E-state index contributed by atoms with van der Waals surface area (Å²) >= 11 is 0. The Hall–Kier alpha value is -1.82. The van der Waals surface area contributed by atoms with E-state index in [2.05, 4.69) is 5.32 Å². The molecule has 1 aromatic carbocycles. The van der Waals surface area contributed by atoms with Crippen LogP contribution in [-0.2, 0) is 4.74 Å². The maximum atomic E-state index is 13.4. The number of carbonyl (C=O) groups excluding carboxylic acids is 1. The largest absolute Gasteiger partial charge is 0.462 e. The predicted octanol–water partition coefficient (Wildman–Crippen LogP) is 0.989. The third-order valence-corrected chi connectivity index (χ3v) is 2.06. The van der Waals surface area contributed by atoms with Gasteiger partial charge in [0.25, 0.3) is 0 Å². The van der Waals surface area contributed by atoms with Gasteiger partial charge in [-0.1, -0.05) is 0 Å². The second kappa shape index (κ2) is 6.05. The molecule has 5 nitrogen and oxygen atoms in total. The molecule has 0 radical (unpaired) electrons. The lowest BCUT2D eigenvalue weighted by Gasteiger charge is -2.10. The van der Waals surface area contributed by atoms with Gasteiger partial charge >= 0.3 is 5.97 Å². The number of rotatable bonds is 5. The Kier molecular flexibility index (Phi) is 4.71. The Morgan fingerprint density at radius 1 is 1.59 bits per heavy atom. The number of nitrogens with two attached hydrogens (primary N) is 1. The van der Waals surface area contributed by atoms with Crippen molar-refractivity contribution in [1.82, 2.24) is 0 Å². The summed E-state index contributed by atoms with van der Waals surface area (Å²) in [5, 5.41) is 11.3. The SMILES string of the molecule is CCOC(=O)c1cc(NCCO)c(F)cc1N. The van der Waals surface area contributed by atoms with Crippen molar-refractivity contribution in [2.75, 3.05) is 30.8 Å². The van der Waals surface area contributed by atoms with E-state index in [9.17, 15) is 9.18 Å². The Balaban J connectivity index is 3.01. The topological polar surface area (TPSA) is 84.6 Å². The molecule has 1 rings (SSSR count).